The molecule has 2 aromatic rings. The fraction of sp³-hybridized carbons (Fsp3) is 0.417. The van der Waals surface area contributed by atoms with Crippen LogP contribution in [0.4, 0.5) is 23.7 Å². The van der Waals surface area contributed by atoms with Crippen molar-refractivity contribution >= 4 is 11.8 Å². The SMILES string of the molecule is CCOC(=O)OC1=C(CN(C)C)Nc2ccnc(OC(C)C)c2C1c1ccccc1C(F)(F)F. The highest BCUT2D eigenvalue weighted by Gasteiger charge is 2.42. The number of hydrogen-bond donors (Lipinski definition) is 1. The summed E-state index contributed by atoms with van der Waals surface area (Å²) in [5.41, 5.74) is 0.348. The average molecular weight is 479 g/mol. The Morgan fingerprint density at radius 3 is 2.53 bits per heavy atom. The molecule has 1 aromatic heterocycles. The molecule has 1 N–H and O–H groups in total. The van der Waals surface area contributed by atoms with Gasteiger partial charge in [0.15, 0.2) is 0 Å². The van der Waals surface area contributed by atoms with Gasteiger partial charge in [0.1, 0.15) is 5.76 Å². The Morgan fingerprint density at radius 2 is 1.91 bits per heavy atom. The number of rotatable bonds is 7. The first-order valence-corrected chi connectivity index (χ1v) is 10.8. The number of carbonyl (C=O) groups excluding carboxylic acids is 1. The molecule has 1 atom stereocenters. The predicted octanol–water partition coefficient (Wildman–Crippen LogP) is 5.39. The van der Waals surface area contributed by atoms with Gasteiger partial charge in [-0.3, -0.25) is 0 Å². The van der Waals surface area contributed by atoms with Crippen molar-refractivity contribution in [3.8, 4) is 5.88 Å². The normalized spacial score (nSPS) is 15.8. The van der Waals surface area contributed by atoms with Crippen LogP contribution in [0.2, 0.25) is 0 Å². The second-order valence-corrected chi connectivity index (χ2v) is 8.25. The number of nitrogens with zero attached hydrogens (tertiary/aromatic N) is 2. The number of pyridine rings is 1. The molecular weight excluding hydrogens is 451 g/mol. The van der Waals surface area contributed by atoms with Crippen molar-refractivity contribution in [2.45, 2.75) is 39.0 Å². The molecule has 1 aliphatic heterocycles. The quantitative estimate of drug-likeness (QED) is 0.534. The van der Waals surface area contributed by atoms with Crippen LogP contribution in [0.5, 0.6) is 5.88 Å². The molecule has 0 bridgehead atoms. The molecule has 1 aromatic carbocycles. The number of nitrogens with one attached hydrogen (secondary N) is 1. The summed E-state index contributed by atoms with van der Waals surface area (Å²) in [4.78, 5) is 18.5. The van der Waals surface area contributed by atoms with Crippen molar-refractivity contribution in [2.24, 2.45) is 0 Å². The Labute approximate surface area is 196 Å². The van der Waals surface area contributed by atoms with Crippen molar-refractivity contribution < 1.29 is 32.2 Å². The van der Waals surface area contributed by atoms with Gasteiger partial charge in [0.25, 0.3) is 0 Å². The van der Waals surface area contributed by atoms with E-state index in [1.165, 1.54) is 24.4 Å². The zero-order chi connectivity index (χ0) is 25.0. The number of benzene rings is 1. The fourth-order valence-corrected chi connectivity index (χ4v) is 3.78. The number of halogens is 3. The van der Waals surface area contributed by atoms with Gasteiger partial charge in [-0.1, -0.05) is 18.2 Å². The molecule has 0 amide bonds. The molecule has 7 nitrogen and oxygen atoms in total. The minimum Gasteiger partial charge on any atom is -0.475 e. The molecule has 34 heavy (non-hydrogen) atoms. The van der Waals surface area contributed by atoms with E-state index in [-0.39, 0.29) is 36.5 Å². The number of ether oxygens (including phenoxy) is 3. The van der Waals surface area contributed by atoms with E-state index in [2.05, 4.69) is 10.3 Å². The van der Waals surface area contributed by atoms with Crippen molar-refractivity contribution in [3.63, 3.8) is 0 Å². The molecule has 3 rings (SSSR count). The third-order valence-electron chi connectivity index (χ3n) is 4.94. The van der Waals surface area contributed by atoms with Crippen molar-refractivity contribution in [1.82, 2.24) is 9.88 Å². The molecule has 0 saturated heterocycles. The highest BCUT2D eigenvalue weighted by Crippen LogP contribution is 2.49. The molecule has 0 radical (unpaired) electrons. The summed E-state index contributed by atoms with van der Waals surface area (Å²) in [6, 6.07) is 6.86. The lowest BCUT2D eigenvalue weighted by Gasteiger charge is -2.34. The van der Waals surface area contributed by atoms with Crippen LogP contribution in [0.1, 0.15) is 43.4 Å². The summed E-state index contributed by atoms with van der Waals surface area (Å²) in [5.74, 6) is -0.982. The van der Waals surface area contributed by atoms with Crippen LogP contribution in [-0.2, 0) is 15.7 Å². The second-order valence-electron chi connectivity index (χ2n) is 8.25. The molecule has 1 aliphatic rings. The highest BCUT2D eigenvalue weighted by molar-refractivity contribution is 5.71. The number of carbonyl (C=O) groups is 1. The molecule has 2 heterocycles. The number of alkyl halides is 3. The van der Waals surface area contributed by atoms with E-state index in [1.54, 1.807) is 45.8 Å². The Kier molecular flexibility index (Phi) is 7.71. The van der Waals surface area contributed by atoms with Crippen molar-refractivity contribution in [2.75, 3.05) is 32.6 Å². The number of anilines is 1. The fourth-order valence-electron chi connectivity index (χ4n) is 3.78. The maximum Gasteiger partial charge on any atom is 0.513 e. The Balaban J connectivity index is 2.34. The van der Waals surface area contributed by atoms with E-state index < -0.39 is 23.8 Å². The summed E-state index contributed by atoms with van der Waals surface area (Å²) < 4.78 is 58.7. The minimum absolute atomic E-state index is 0.00189. The van der Waals surface area contributed by atoms with Crippen LogP contribution in [0.25, 0.3) is 0 Å². The van der Waals surface area contributed by atoms with Crippen LogP contribution < -0.4 is 10.1 Å². The number of allylic oxidation sites excluding steroid dienone is 1. The van der Waals surface area contributed by atoms with Gasteiger partial charge >= 0.3 is 12.3 Å². The van der Waals surface area contributed by atoms with E-state index in [9.17, 15) is 18.0 Å². The predicted molar refractivity (Wildman–Crippen MR) is 121 cm³/mol. The first-order valence-electron chi connectivity index (χ1n) is 10.8. The molecular formula is C24H28F3N3O4. The van der Waals surface area contributed by atoms with E-state index in [0.29, 0.717) is 16.9 Å². The van der Waals surface area contributed by atoms with Gasteiger partial charge in [0, 0.05) is 18.4 Å². The van der Waals surface area contributed by atoms with Gasteiger partial charge in [-0.15, -0.1) is 0 Å². The summed E-state index contributed by atoms with van der Waals surface area (Å²) in [7, 11) is 3.59. The van der Waals surface area contributed by atoms with Crippen LogP contribution in [0.15, 0.2) is 48.0 Å². The van der Waals surface area contributed by atoms with Gasteiger partial charge in [-0.25, -0.2) is 9.78 Å². The monoisotopic (exact) mass is 479 g/mol. The van der Waals surface area contributed by atoms with E-state index >= 15 is 0 Å². The summed E-state index contributed by atoms with van der Waals surface area (Å²) in [6.45, 7) is 5.51. The summed E-state index contributed by atoms with van der Waals surface area (Å²) in [6.07, 6.45) is -4.43. The molecule has 0 fully saturated rings. The lowest BCUT2D eigenvalue weighted by atomic mass is 9.83. The smallest absolute Gasteiger partial charge is 0.475 e. The molecule has 1 unspecified atom stereocenters. The highest BCUT2D eigenvalue weighted by atomic mass is 19.4. The van der Waals surface area contributed by atoms with E-state index in [0.717, 1.165) is 6.07 Å². The van der Waals surface area contributed by atoms with Gasteiger partial charge in [0.2, 0.25) is 5.88 Å². The number of likely N-dealkylation sites (N-methyl/N-ethyl adjacent to an activating group) is 1. The molecule has 0 spiro atoms. The van der Waals surface area contributed by atoms with Crippen LogP contribution >= 0.6 is 0 Å². The molecule has 0 saturated carbocycles. The first-order chi connectivity index (χ1) is 16.0. The second kappa shape index (κ2) is 10.3. The number of fused-ring (bicyclic) bond motifs is 1. The zero-order valence-corrected chi connectivity index (χ0v) is 19.7. The maximum absolute atomic E-state index is 14.1. The van der Waals surface area contributed by atoms with Crippen molar-refractivity contribution in [1.29, 1.82) is 0 Å². The molecule has 10 heteroatoms. The molecule has 0 aliphatic carbocycles. The van der Waals surface area contributed by atoms with Crippen LogP contribution in [0, 0.1) is 0 Å². The third-order valence-corrected chi connectivity index (χ3v) is 4.94. The first kappa shape index (κ1) is 25.4. The Bertz CT molecular complexity index is 1070. The Morgan fingerprint density at radius 1 is 1.21 bits per heavy atom. The number of aromatic nitrogens is 1. The lowest BCUT2D eigenvalue weighted by Crippen LogP contribution is -2.30. The standard InChI is InChI=1S/C24H28F3N3O4/c1-6-32-23(31)34-21-18(13-30(4)5)29-17-11-12-28-22(33-14(2)3)20(17)19(21)15-9-7-8-10-16(15)24(25,26)27/h7-12,14,19,29H,6,13H2,1-5H3. The summed E-state index contributed by atoms with van der Waals surface area (Å²) in [5, 5.41) is 3.20. The molecule has 184 valence electrons. The maximum atomic E-state index is 14.1. The van der Waals surface area contributed by atoms with Crippen LogP contribution in [0.3, 0.4) is 0 Å². The van der Waals surface area contributed by atoms with Crippen LogP contribution in [-0.4, -0.2) is 49.4 Å². The van der Waals surface area contributed by atoms with E-state index in [4.69, 9.17) is 14.2 Å². The van der Waals surface area contributed by atoms with Gasteiger partial charge in [-0.2, -0.15) is 13.2 Å². The minimum atomic E-state index is -4.64. The zero-order valence-electron chi connectivity index (χ0n) is 19.7. The summed E-state index contributed by atoms with van der Waals surface area (Å²) >= 11 is 0. The lowest BCUT2D eigenvalue weighted by molar-refractivity contribution is -0.138. The Hall–Kier alpha value is -3.27. The topological polar surface area (TPSA) is 72.9 Å². The number of hydrogen-bond acceptors (Lipinski definition) is 7. The van der Waals surface area contributed by atoms with Gasteiger partial charge in [-0.05, 0) is 52.6 Å². The van der Waals surface area contributed by atoms with Gasteiger partial charge in [0.05, 0.1) is 35.5 Å². The largest absolute Gasteiger partial charge is 0.513 e. The third kappa shape index (κ3) is 5.61. The van der Waals surface area contributed by atoms with E-state index in [1.807, 2.05) is 0 Å². The van der Waals surface area contributed by atoms with Gasteiger partial charge < -0.3 is 24.4 Å². The average Bonchev–Trinajstić information content (AvgIpc) is 2.73. The van der Waals surface area contributed by atoms with Crippen molar-refractivity contribution in [3.05, 3.63) is 64.7 Å².